The van der Waals surface area contributed by atoms with E-state index in [1.54, 1.807) is 38.1 Å². The number of benzene rings is 1. The molecule has 5 heteroatoms. The third-order valence-corrected chi connectivity index (χ3v) is 3.12. The van der Waals surface area contributed by atoms with Gasteiger partial charge in [0, 0.05) is 9.92 Å². The Morgan fingerprint density at radius 3 is 2.20 bits per heavy atom. The number of aliphatic carboxylic acids is 1. The second-order valence-corrected chi connectivity index (χ2v) is 5.49. The van der Waals surface area contributed by atoms with Crippen molar-refractivity contribution in [3.63, 3.8) is 0 Å². The molecular weight excluding hydrogens is 243 g/mol. The zero-order valence-electron chi connectivity index (χ0n) is 8.91. The molecule has 0 amide bonds. The average molecular weight is 253 g/mol. The second kappa shape index (κ2) is 6.16. The van der Waals surface area contributed by atoms with Crippen molar-refractivity contribution >= 4 is 29.3 Å². The predicted molar refractivity (Wildman–Crippen MR) is 56.4 cm³/mol. The van der Waals surface area contributed by atoms with Gasteiger partial charge in [0.05, 0.1) is 10.7 Å². The number of carbonyl (C=O) groups is 1. The van der Waals surface area contributed by atoms with Crippen LogP contribution in [0.3, 0.4) is 0 Å². The van der Waals surface area contributed by atoms with Gasteiger partial charge in [0.15, 0.2) is 0 Å². The molecule has 1 aromatic rings. The van der Waals surface area contributed by atoms with Crippen LogP contribution in [-0.2, 0) is 4.79 Å². The van der Waals surface area contributed by atoms with Crippen LogP contribution in [0.25, 0.3) is 0 Å². The van der Waals surface area contributed by atoms with Crippen LogP contribution in [-0.4, -0.2) is 10.7 Å². The zero-order valence-corrected chi connectivity index (χ0v) is 12.5. The molecule has 1 aromatic carbocycles. The molecule has 0 spiro atoms. The molecule has 0 radical (unpaired) electrons. The fraction of sp³-hybridized carbons (Fsp3) is 0.300. The number of carboxylic acid groups (broad SMARTS) is 1. The van der Waals surface area contributed by atoms with Crippen molar-refractivity contribution in [2.24, 2.45) is 0 Å². The first-order valence-corrected chi connectivity index (χ1v) is 5.27. The van der Waals surface area contributed by atoms with Gasteiger partial charge in [0.1, 0.15) is 0 Å². The fourth-order valence-electron chi connectivity index (χ4n) is 0.839. The Bertz CT molecular complexity index is 338. The van der Waals surface area contributed by atoms with Crippen LogP contribution >= 0.6 is 23.4 Å². The SMILES string of the molecule is CC(C)(Sc1ccc(Cl)cc1)C(=O)[O-].[Na+]. The molecule has 0 aliphatic carbocycles. The number of carbonyl (C=O) groups excluding carboxylic acids is 1. The first kappa shape index (κ1) is 15.3. The number of hydrogen-bond donors (Lipinski definition) is 0. The van der Waals surface area contributed by atoms with Crippen molar-refractivity contribution in [2.75, 3.05) is 0 Å². The normalized spacial score (nSPS) is 10.6. The summed E-state index contributed by atoms with van der Waals surface area (Å²) in [5.74, 6) is -1.07. The van der Waals surface area contributed by atoms with Crippen LogP contribution in [0.4, 0.5) is 0 Å². The fourth-order valence-corrected chi connectivity index (χ4v) is 1.91. The van der Waals surface area contributed by atoms with E-state index in [-0.39, 0.29) is 29.6 Å². The first-order chi connectivity index (χ1) is 6.42. The minimum absolute atomic E-state index is 0. The smallest absolute Gasteiger partial charge is 0.549 e. The van der Waals surface area contributed by atoms with Crippen molar-refractivity contribution in [3.05, 3.63) is 29.3 Å². The number of hydrogen-bond acceptors (Lipinski definition) is 3. The topological polar surface area (TPSA) is 40.1 Å². The van der Waals surface area contributed by atoms with Crippen molar-refractivity contribution in [1.29, 1.82) is 0 Å². The summed E-state index contributed by atoms with van der Waals surface area (Å²) in [6.07, 6.45) is 0. The molecule has 0 heterocycles. The quantitative estimate of drug-likeness (QED) is 0.510. The molecule has 0 saturated heterocycles. The first-order valence-electron chi connectivity index (χ1n) is 4.08. The van der Waals surface area contributed by atoms with E-state index in [1.165, 1.54) is 11.8 Å². The van der Waals surface area contributed by atoms with Crippen LogP contribution < -0.4 is 34.7 Å². The Kier molecular flexibility index (Phi) is 6.30. The van der Waals surface area contributed by atoms with Crippen LogP contribution in [0, 0.1) is 0 Å². The minimum Gasteiger partial charge on any atom is -0.549 e. The van der Waals surface area contributed by atoms with Crippen LogP contribution in [0.1, 0.15) is 13.8 Å². The molecule has 76 valence electrons. The maximum atomic E-state index is 10.7. The summed E-state index contributed by atoms with van der Waals surface area (Å²) in [4.78, 5) is 11.6. The molecule has 0 saturated carbocycles. The average Bonchev–Trinajstić information content (AvgIpc) is 2.08. The van der Waals surface area contributed by atoms with Crippen LogP contribution in [0.15, 0.2) is 29.2 Å². The minimum atomic E-state index is -1.07. The molecule has 1 rings (SSSR count). The molecule has 2 nitrogen and oxygen atoms in total. The molecule has 0 aliphatic heterocycles. The van der Waals surface area contributed by atoms with Gasteiger partial charge in [-0.05, 0) is 38.1 Å². The standard InChI is InChI=1S/C10H11ClO2S.Na/c1-10(2,9(12)13)14-8-5-3-7(11)4-6-8;/h3-6H,1-2H3,(H,12,13);/q;+1/p-1. The molecular formula is C10H10ClNaO2S. The summed E-state index contributed by atoms with van der Waals surface area (Å²) >= 11 is 6.95. The number of thioether (sulfide) groups is 1. The van der Waals surface area contributed by atoms with Gasteiger partial charge in [-0.1, -0.05) is 11.6 Å². The molecule has 0 N–H and O–H groups in total. The van der Waals surface area contributed by atoms with E-state index in [0.29, 0.717) is 5.02 Å². The van der Waals surface area contributed by atoms with Gasteiger partial charge in [-0.2, -0.15) is 0 Å². The Labute approximate surface area is 121 Å². The molecule has 0 atom stereocenters. The summed E-state index contributed by atoms with van der Waals surface area (Å²) in [7, 11) is 0. The van der Waals surface area contributed by atoms with Gasteiger partial charge in [0.25, 0.3) is 0 Å². The maximum Gasteiger partial charge on any atom is 1.00 e. The van der Waals surface area contributed by atoms with Crippen molar-refractivity contribution in [1.82, 2.24) is 0 Å². The van der Waals surface area contributed by atoms with Crippen LogP contribution in [0.2, 0.25) is 5.02 Å². The monoisotopic (exact) mass is 252 g/mol. The molecule has 0 bridgehead atoms. The number of rotatable bonds is 3. The molecule has 0 unspecified atom stereocenters. The van der Waals surface area contributed by atoms with Gasteiger partial charge >= 0.3 is 29.6 Å². The summed E-state index contributed by atoms with van der Waals surface area (Å²) in [5, 5.41) is 11.4. The number of carboxylic acids is 1. The van der Waals surface area contributed by atoms with Gasteiger partial charge in [0.2, 0.25) is 0 Å². The van der Waals surface area contributed by atoms with E-state index < -0.39 is 10.7 Å². The molecule has 0 aliphatic rings. The zero-order chi connectivity index (χ0) is 10.8. The Morgan fingerprint density at radius 1 is 1.33 bits per heavy atom. The van der Waals surface area contributed by atoms with Crippen molar-refractivity contribution in [2.45, 2.75) is 23.5 Å². The second-order valence-electron chi connectivity index (χ2n) is 3.35. The van der Waals surface area contributed by atoms with E-state index >= 15 is 0 Å². The largest absolute Gasteiger partial charge is 1.00 e. The Morgan fingerprint density at radius 2 is 1.80 bits per heavy atom. The number of halogens is 1. The Balaban J connectivity index is 0.00000196. The van der Waals surface area contributed by atoms with Gasteiger partial charge in [-0.25, -0.2) is 0 Å². The molecule has 15 heavy (non-hydrogen) atoms. The van der Waals surface area contributed by atoms with Gasteiger partial charge in [-0.3, -0.25) is 0 Å². The summed E-state index contributed by atoms with van der Waals surface area (Å²) in [6.45, 7) is 3.23. The van der Waals surface area contributed by atoms with Crippen LogP contribution in [0.5, 0.6) is 0 Å². The summed E-state index contributed by atoms with van der Waals surface area (Å²) in [5.41, 5.74) is 0. The Hall–Kier alpha value is 0.330. The third-order valence-electron chi connectivity index (χ3n) is 1.68. The van der Waals surface area contributed by atoms with Crippen molar-refractivity contribution < 1.29 is 39.5 Å². The predicted octanol–water partition coefficient (Wildman–Crippen LogP) is -1.04. The van der Waals surface area contributed by atoms with Gasteiger partial charge in [-0.15, -0.1) is 11.8 Å². The van der Waals surface area contributed by atoms with Gasteiger partial charge < -0.3 is 9.90 Å². The van der Waals surface area contributed by atoms with E-state index in [9.17, 15) is 9.90 Å². The maximum absolute atomic E-state index is 10.7. The summed E-state index contributed by atoms with van der Waals surface area (Å²) < 4.78 is -0.923. The van der Waals surface area contributed by atoms with Crippen molar-refractivity contribution in [3.8, 4) is 0 Å². The summed E-state index contributed by atoms with van der Waals surface area (Å²) in [6, 6.07) is 7.04. The molecule has 0 aromatic heterocycles. The van der Waals surface area contributed by atoms with E-state index in [1.807, 2.05) is 0 Å². The van der Waals surface area contributed by atoms with E-state index in [4.69, 9.17) is 11.6 Å². The third kappa shape index (κ3) is 4.79. The van der Waals surface area contributed by atoms with E-state index in [2.05, 4.69) is 0 Å². The van der Waals surface area contributed by atoms with E-state index in [0.717, 1.165) is 4.90 Å². The molecule has 0 fully saturated rings.